The minimum absolute atomic E-state index is 0.0174. The Morgan fingerprint density at radius 1 is 1.13 bits per heavy atom. The van der Waals surface area contributed by atoms with Crippen LogP contribution in [0.25, 0.3) is 0 Å². The number of nitrogens with zero attached hydrogens (tertiary/aromatic N) is 2. The normalized spacial score (nSPS) is 12.0. The van der Waals surface area contributed by atoms with Crippen LogP contribution in [0.3, 0.4) is 0 Å². The van der Waals surface area contributed by atoms with E-state index in [1.165, 1.54) is 23.7 Å². The van der Waals surface area contributed by atoms with Crippen LogP contribution in [0.1, 0.15) is 35.7 Å². The lowest BCUT2D eigenvalue weighted by Gasteiger charge is -2.17. The van der Waals surface area contributed by atoms with Crippen LogP contribution in [0.2, 0.25) is 0 Å². The molecule has 0 aliphatic heterocycles. The summed E-state index contributed by atoms with van der Waals surface area (Å²) in [6.45, 7) is 10.1. The van der Waals surface area contributed by atoms with Gasteiger partial charge in [-0.25, -0.2) is 9.97 Å². The maximum atomic E-state index is 12.6. The van der Waals surface area contributed by atoms with E-state index in [2.05, 4.69) is 34.3 Å². The van der Waals surface area contributed by atoms with Gasteiger partial charge in [-0.1, -0.05) is 36.4 Å². The molecule has 1 atom stereocenters. The van der Waals surface area contributed by atoms with Crippen LogP contribution in [0.4, 0.5) is 5.69 Å². The number of amides is 1. The largest absolute Gasteiger partial charge is 0.325 e. The average molecular weight is 329 g/mol. The molecule has 2 rings (SSSR count). The Morgan fingerprint density at radius 3 is 2.35 bits per heavy atom. The van der Waals surface area contributed by atoms with Crippen LogP contribution in [0, 0.1) is 27.7 Å². The van der Waals surface area contributed by atoms with Gasteiger partial charge < -0.3 is 5.32 Å². The zero-order valence-electron chi connectivity index (χ0n) is 14.3. The lowest BCUT2D eigenvalue weighted by Crippen LogP contribution is -2.25. The molecule has 5 heteroatoms. The van der Waals surface area contributed by atoms with E-state index < -0.39 is 0 Å². The first-order chi connectivity index (χ1) is 10.9. The monoisotopic (exact) mass is 329 g/mol. The van der Waals surface area contributed by atoms with Crippen LogP contribution in [-0.4, -0.2) is 21.1 Å². The van der Waals surface area contributed by atoms with Crippen molar-refractivity contribution in [1.82, 2.24) is 9.97 Å². The molecule has 1 aromatic carbocycles. The number of carbonyl (C=O) groups is 1. The van der Waals surface area contributed by atoms with Crippen LogP contribution < -0.4 is 5.32 Å². The SMILES string of the molecule is CC[C@@H](Sc1cc(C)ncn1)C(=O)Nc1c(C)cc(C)cc1C. The van der Waals surface area contributed by atoms with Crippen molar-refractivity contribution in [3.8, 4) is 0 Å². The van der Waals surface area contributed by atoms with Gasteiger partial charge in [0.2, 0.25) is 5.91 Å². The van der Waals surface area contributed by atoms with Gasteiger partial charge in [0, 0.05) is 11.4 Å². The van der Waals surface area contributed by atoms with Gasteiger partial charge in [0.1, 0.15) is 11.4 Å². The molecule has 1 heterocycles. The highest BCUT2D eigenvalue weighted by atomic mass is 32.2. The van der Waals surface area contributed by atoms with Gasteiger partial charge in [-0.15, -0.1) is 0 Å². The average Bonchev–Trinajstić information content (AvgIpc) is 2.48. The van der Waals surface area contributed by atoms with Crippen molar-refractivity contribution in [2.75, 3.05) is 5.32 Å². The molecule has 0 aliphatic rings. The maximum absolute atomic E-state index is 12.6. The molecule has 0 unspecified atom stereocenters. The van der Waals surface area contributed by atoms with E-state index in [4.69, 9.17) is 0 Å². The molecule has 0 saturated heterocycles. The molecule has 23 heavy (non-hydrogen) atoms. The second-order valence-electron chi connectivity index (χ2n) is 5.78. The molecule has 0 spiro atoms. The third-order valence-electron chi connectivity index (χ3n) is 3.63. The van der Waals surface area contributed by atoms with E-state index in [-0.39, 0.29) is 11.2 Å². The third-order valence-corrected chi connectivity index (χ3v) is 4.93. The Labute approximate surface area is 142 Å². The molecule has 0 fully saturated rings. The quantitative estimate of drug-likeness (QED) is 0.659. The van der Waals surface area contributed by atoms with Crippen LogP contribution >= 0.6 is 11.8 Å². The summed E-state index contributed by atoms with van der Waals surface area (Å²) in [5.74, 6) is 0.0174. The van der Waals surface area contributed by atoms with Crippen molar-refractivity contribution < 1.29 is 4.79 Å². The van der Waals surface area contributed by atoms with Gasteiger partial charge in [0.25, 0.3) is 0 Å². The Morgan fingerprint density at radius 2 is 1.78 bits per heavy atom. The van der Waals surface area contributed by atoms with Crippen molar-refractivity contribution >= 4 is 23.4 Å². The fraction of sp³-hybridized carbons (Fsp3) is 0.389. The number of aryl methyl sites for hydroxylation is 4. The first-order valence-corrected chi connectivity index (χ1v) is 8.62. The van der Waals surface area contributed by atoms with Crippen molar-refractivity contribution in [3.63, 3.8) is 0 Å². The lowest BCUT2D eigenvalue weighted by molar-refractivity contribution is -0.115. The Hall–Kier alpha value is -1.88. The summed E-state index contributed by atoms with van der Waals surface area (Å²) in [7, 11) is 0. The predicted octanol–water partition coefficient (Wildman–Crippen LogP) is 4.22. The van der Waals surface area contributed by atoms with E-state index >= 15 is 0 Å². The van der Waals surface area contributed by atoms with Gasteiger partial charge in [-0.05, 0) is 51.3 Å². The highest BCUT2D eigenvalue weighted by Gasteiger charge is 2.20. The van der Waals surface area contributed by atoms with E-state index in [0.29, 0.717) is 0 Å². The lowest BCUT2D eigenvalue weighted by atomic mass is 10.0. The number of anilines is 1. The smallest absolute Gasteiger partial charge is 0.237 e. The van der Waals surface area contributed by atoms with E-state index in [9.17, 15) is 4.79 Å². The fourth-order valence-corrected chi connectivity index (χ4v) is 3.51. The molecule has 2 aromatic rings. The van der Waals surface area contributed by atoms with Gasteiger partial charge in [-0.3, -0.25) is 4.79 Å². The second-order valence-corrected chi connectivity index (χ2v) is 7.00. The van der Waals surface area contributed by atoms with Gasteiger partial charge in [-0.2, -0.15) is 0 Å². The highest BCUT2D eigenvalue weighted by molar-refractivity contribution is 8.00. The first kappa shape index (κ1) is 17.5. The van der Waals surface area contributed by atoms with E-state index in [1.54, 1.807) is 0 Å². The standard InChI is InChI=1S/C18H23N3OS/c1-6-15(23-16-9-14(5)19-10-20-16)18(22)21-17-12(3)7-11(2)8-13(17)4/h7-10,15H,6H2,1-5H3,(H,21,22)/t15-/m1/s1. The molecule has 1 aromatic heterocycles. The number of rotatable bonds is 5. The van der Waals surface area contributed by atoms with Gasteiger partial charge in [0.05, 0.1) is 5.25 Å². The number of benzene rings is 1. The molecule has 0 radical (unpaired) electrons. The number of hydrogen-bond donors (Lipinski definition) is 1. The minimum Gasteiger partial charge on any atom is -0.325 e. The summed E-state index contributed by atoms with van der Waals surface area (Å²) in [4.78, 5) is 21.0. The van der Waals surface area contributed by atoms with Crippen molar-refractivity contribution in [1.29, 1.82) is 0 Å². The topological polar surface area (TPSA) is 54.9 Å². The molecule has 0 saturated carbocycles. The van der Waals surface area contributed by atoms with E-state index in [1.807, 2.05) is 33.8 Å². The molecular formula is C18H23N3OS. The number of nitrogens with one attached hydrogen (secondary N) is 1. The fourth-order valence-electron chi connectivity index (χ4n) is 2.54. The molecule has 4 nitrogen and oxygen atoms in total. The molecule has 0 bridgehead atoms. The van der Waals surface area contributed by atoms with Crippen molar-refractivity contribution in [2.45, 2.75) is 51.3 Å². The Bertz CT molecular complexity index is 692. The highest BCUT2D eigenvalue weighted by Crippen LogP contribution is 2.27. The van der Waals surface area contributed by atoms with Crippen molar-refractivity contribution in [3.05, 3.63) is 46.9 Å². The third kappa shape index (κ3) is 4.55. The van der Waals surface area contributed by atoms with Crippen molar-refractivity contribution in [2.24, 2.45) is 0 Å². The van der Waals surface area contributed by atoms with Gasteiger partial charge >= 0.3 is 0 Å². The molecule has 1 N–H and O–H groups in total. The number of thioether (sulfide) groups is 1. The maximum Gasteiger partial charge on any atom is 0.237 e. The summed E-state index contributed by atoms with van der Waals surface area (Å²) in [6.07, 6.45) is 2.28. The number of carbonyl (C=O) groups excluding carboxylic acids is 1. The summed E-state index contributed by atoms with van der Waals surface area (Å²) in [6, 6.07) is 6.08. The van der Waals surface area contributed by atoms with Crippen LogP contribution in [-0.2, 0) is 4.79 Å². The van der Waals surface area contributed by atoms with E-state index in [0.717, 1.165) is 34.0 Å². The summed E-state index contributed by atoms with van der Waals surface area (Å²) in [5.41, 5.74) is 5.21. The molecule has 1 amide bonds. The van der Waals surface area contributed by atoms with Crippen LogP contribution in [0.5, 0.6) is 0 Å². The summed E-state index contributed by atoms with van der Waals surface area (Å²) in [5, 5.41) is 3.74. The predicted molar refractivity (Wildman–Crippen MR) is 96.0 cm³/mol. The first-order valence-electron chi connectivity index (χ1n) is 7.74. The Kier molecular flexibility index (Phi) is 5.77. The molecular weight excluding hydrogens is 306 g/mol. The number of hydrogen-bond acceptors (Lipinski definition) is 4. The second kappa shape index (κ2) is 7.59. The van der Waals surface area contributed by atoms with Crippen LogP contribution in [0.15, 0.2) is 29.6 Å². The summed E-state index contributed by atoms with van der Waals surface area (Å²) < 4.78 is 0. The summed E-state index contributed by atoms with van der Waals surface area (Å²) >= 11 is 1.48. The minimum atomic E-state index is -0.176. The molecule has 122 valence electrons. The Balaban J connectivity index is 2.15. The number of aromatic nitrogens is 2. The van der Waals surface area contributed by atoms with Gasteiger partial charge in [0.15, 0.2) is 0 Å². The molecule has 0 aliphatic carbocycles. The zero-order valence-corrected chi connectivity index (χ0v) is 15.1. The zero-order chi connectivity index (χ0) is 17.0.